The van der Waals surface area contributed by atoms with Crippen molar-refractivity contribution in [3.05, 3.63) is 23.8 Å². The molecule has 0 bridgehead atoms. The van der Waals surface area contributed by atoms with E-state index in [0.29, 0.717) is 37.5 Å². The van der Waals surface area contributed by atoms with E-state index < -0.39 is 10.0 Å². The fourth-order valence-corrected chi connectivity index (χ4v) is 4.30. The van der Waals surface area contributed by atoms with Crippen molar-refractivity contribution in [3.63, 3.8) is 0 Å². The Labute approximate surface area is 138 Å². The molecule has 0 atom stereocenters. The van der Waals surface area contributed by atoms with Crippen molar-refractivity contribution < 1.29 is 13.2 Å². The Bertz CT molecular complexity index is 669. The van der Waals surface area contributed by atoms with Gasteiger partial charge in [-0.15, -0.1) is 0 Å². The monoisotopic (exact) mass is 339 g/mol. The van der Waals surface area contributed by atoms with E-state index in [1.54, 1.807) is 23.1 Å². The number of nitrogens with zero attached hydrogens (tertiary/aromatic N) is 2. The van der Waals surface area contributed by atoms with Gasteiger partial charge in [0.25, 0.3) is 0 Å². The largest absolute Gasteiger partial charge is 0.338 e. The van der Waals surface area contributed by atoms with E-state index in [2.05, 4.69) is 5.32 Å². The highest BCUT2D eigenvalue weighted by atomic mass is 32.2. The van der Waals surface area contributed by atoms with E-state index in [1.807, 2.05) is 20.8 Å². The number of carbonyl (C=O) groups excluding carboxylic acids is 1. The average Bonchev–Trinajstić information content (AvgIpc) is 2.96. The summed E-state index contributed by atoms with van der Waals surface area (Å²) in [4.78, 5) is 14.1. The van der Waals surface area contributed by atoms with Gasteiger partial charge < -0.3 is 5.32 Å². The summed E-state index contributed by atoms with van der Waals surface area (Å²) < 4.78 is 26.6. The van der Waals surface area contributed by atoms with Crippen molar-refractivity contribution in [3.8, 4) is 0 Å². The minimum atomic E-state index is -3.46. The second-order valence-corrected chi connectivity index (χ2v) is 7.45. The van der Waals surface area contributed by atoms with Crippen molar-refractivity contribution in [2.45, 2.75) is 38.5 Å². The number of anilines is 1. The Balaban J connectivity index is 2.27. The summed E-state index contributed by atoms with van der Waals surface area (Å²) in [6.45, 7) is 7.77. The number of amides is 2. The van der Waals surface area contributed by atoms with Crippen LogP contribution in [0, 0.1) is 0 Å². The minimum Gasteiger partial charge on any atom is -0.338 e. The lowest BCUT2D eigenvalue weighted by atomic mass is 10.2. The van der Waals surface area contributed by atoms with Gasteiger partial charge in [0.1, 0.15) is 0 Å². The number of hydrogen-bond acceptors (Lipinski definition) is 3. The highest BCUT2D eigenvalue weighted by molar-refractivity contribution is 7.89. The summed E-state index contributed by atoms with van der Waals surface area (Å²) in [6, 6.07) is 4.92. The number of rotatable bonds is 6. The number of hydrogen-bond donors (Lipinski definition) is 1. The van der Waals surface area contributed by atoms with Crippen LogP contribution in [0.5, 0.6) is 0 Å². The fraction of sp³-hybridized carbons (Fsp3) is 0.562. The molecular formula is C16H25N3O3S. The average molecular weight is 339 g/mol. The summed E-state index contributed by atoms with van der Waals surface area (Å²) in [6.07, 6.45) is 1.56. The Morgan fingerprint density at radius 2 is 1.96 bits per heavy atom. The number of sulfonamides is 1. The van der Waals surface area contributed by atoms with Crippen LogP contribution in [0.15, 0.2) is 23.1 Å². The highest BCUT2D eigenvalue weighted by Crippen LogP contribution is 2.31. The number of carbonyl (C=O) groups is 1. The summed E-state index contributed by atoms with van der Waals surface area (Å²) in [5.41, 5.74) is 1.71. The SMILES string of the molecule is CCCNC(=O)N1CCc2cc(S(=O)(=O)N(CC)CC)ccc21. The van der Waals surface area contributed by atoms with Crippen LogP contribution >= 0.6 is 0 Å². The van der Waals surface area contributed by atoms with Crippen LogP contribution in [0.1, 0.15) is 32.8 Å². The van der Waals surface area contributed by atoms with E-state index in [-0.39, 0.29) is 6.03 Å². The first-order chi connectivity index (χ1) is 11.0. The first-order valence-electron chi connectivity index (χ1n) is 8.14. The minimum absolute atomic E-state index is 0.120. The molecular weight excluding hydrogens is 314 g/mol. The summed E-state index contributed by atoms with van der Waals surface area (Å²) in [5, 5.41) is 2.86. The first-order valence-corrected chi connectivity index (χ1v) is 9.58. The van der Waals surface area contributed by atoms with Crippen molar-refractivity contribution in [1.29, 1.82) is 0 Å². The Morgan fingerprint density at radius 3 is 2.57 bits per heavy atom. The van der Waals surface area contributed by atoms with Gasteiger partial charge in [0.05, 0.1) is 4.90 Å². The molecule has 0 saturated heterocycles. The second-order valence-electron chi connectivity index (χ2n) is 5.51. The molecule has 7 heteroatoms. The highest BCUT2D eigenvalue weighted by Gasteiger charge is 2.28. The molecule has 1 aromatic rings. The third-order valence-electron chi connectivity index (χ3n) is 4.06. The van der Waals surface area contributed by atoms with Crippen LogP contribution < -0.4 is 10.2 Å². The molecule has 1 heterocycles. The number of urea groups is 1. The predicted octanol–water partition coefficient (Wildman–Crippen LogP) is 2.20. The van der Waals surface area contributed by atoms with Gasteiger partial charge in [-0.05, 0) is 36.6 Å². The molecule has 0 radical (unpaired) electrons. The topological polar surface area (TPSA) is 69.7 Å². The van der Waals surface area contributed by atoms with E-state index in [1.165, 1.54) is 4.31 Å². The van der Waals surface area contributed by atoms with Gasteiger partial charge in [-0.25, -0.2) is 13.2 Å². The molecule has 1 aromatic carbocycles. The molecule has 0 saturated carbocycles. The maximum atomic E-state index is 12.6. The van der Waals surface area contributed by atoms with Gasteiger partial charge in [0.15, 0.2) is 0 Å². The molecule has 2 rings (SSSR count). The zero-order valence-electron chi connectivity index (χ0n) is 14.0. The lowest BCUT2D eigenvalue weighted by Crippen LogP contribution is -2.39. The molecule has 0 unspecified atom stereocenters. The third kappa shape index (κ3) is 3.50. The number of nitrogens with one attached hydrogen (secondary N) is 1. The normalized spacial score (nSPS) is 14.2. The lowest BCUT2D eigenvalue weighted by molar-refractivity contribution is 0.247. The molecule has 0 fully saturated rings. The van der Waals surface area contributed by atoms with Crippen molar-refractivity contribution in [2.24, 2.45) is 0 Å². The summed E-state index contributed by atoms with van der Waals surface area (Å²) >= 11 is 0. The Morgan fingerprint density at radius 1 is 1.26 bits per heavy atom. The van der Waals surface area contributed by atoms with Crippen LogP contribution in [0.3, 0.4) is 0 Å². The maximum absolute atomic E-state index is 12.6. The third-order valence-corrected chi connectivity index (χ3v) is 6.11. The zero-order chi connectivity index (χ0) is 17.0. The predicted molar refractivity (Wildman–Crippen MR) is 91.3 cm³/mol. The van der Waals surface area contributed by atoms with Crippen LogP contribution in [0.4, 0.5) is 10.5 Å². The van der Waals surface area contributed by atoms with Gasteiger partial charge in [-0.2, -0.15) is 4.31 Å². The molecule has 6 nitrogen and oxygen atoms in total. The molecule has 1 aliphatic rings. The van der Waals surface area contributed by atoms with Crippen LogP contribution in [-0.4, -0.2) is 44.9 Å². The van der Waals surface area contributed by atoms with Crippen LogP contribution in [-0.2, 0) is 16.4 Å². The van der Waals surface area contributed by atoms with Crippen molar-refractivity contribution in [2.75, 3.05) is 31.1 Å². The van der Waals surface area contributed by atoms with Gasteiger partial charge in [0, 0.05) is 31.9 Å². The quantitative estimate of drug-likeness (QED) is 0.864. The molecule has 1 aliphatic heterocycles. The molecule has 0 spiro atoms. The maximum Gasteiger partial charge on any atom is 0.321 e. The van der Waals surface area contributed by atoms with E-state index in [4.69, 9.17) is 0 Å². The van der Waals surface area contributed by atoms with Gasteiger partial charge in [0.2, 0.25) is 10.0 Å². The number of fused-ring (bicyclic) bond motifs is 1. The van der Waals surface area contributed by atoms with E-state index in [0.717, 1.165) is 17.7 Å². The van der Waals surface area contributed by atoms with Crippen LogP contribution in [0.2, 0.25) is 0 Å². The number of benzene rings is 1. The van der Waals surface area contributed by atoms with Gasteiger partial charge in [-0.3, -0.25) is 4.90 Å². The van der Waals surface area contributed by atoms with Gasteiger partial charge >= 0.3 is 6.03 Å². The standard InChI is InChI=1S/C16H25N3O3S/c1-4-10-17-16(20)19-11-9-13-12-14(7-8-15(13)19)23(21,22)18(5-2)6-3/h7-8,12H,4-6,9-11H2,1-3H3,(H,17,20). The second kappa shape index (κ2) is 7.31. The smallest absolute Gasteiger partial charge is 0.321 e. The van der Waals surface area contributed by atoms with E-state index >= 15 is 0 Å². The van der Waals surface area contributed by atoms with Gasteiger partial charge in [-0.1, -0.05) is 20.8 Å². The first kappa shape index (κ1) is 17.7. The lowest BCUT2D eigenvalue weighted by Gasteiger charge is -2.20. The molecule has 2 amide bonds. The fourth-order valence-electron chi connectivity index (χ4n) is 2.79. The van der Waals surface area contributed by atoms with E-state index in [9.17, 15) is 13.2 Å². The van der Waals surface area contributed by atoms with Crippen molar-refractivity contribution in [1.82, 2.24) is 9.62 Å². The molecule has 1 N–H and O–H groups in total. The molecule has 0 aliphatic carbocycles. The Kier molecular flexibility index (Phi) is 5.64. The zero-order valence-corrected chi connectivity index (χ0v) is 14.8. The van der Waals surface area contributed by atoms with Crippen molar-refractivity contribution >= 4 is 21.7 Å². The molecule has 0 aromatic heterocycles. The van der Waals surface area contributed by atoms with Crippen LogP contribution in [0.25, 0.3) is 0 Å². The molecule has 128 valence electrons. The summed E-state index contributed by atoms with van der Waals surface area (Å²) in [5.74, 6) is 0. The molecule has 23 heavy (non-hydrogen) atoms. The Hall–Kier alpha value is -1.60. The summed E-state index contributed by atoms with van der Waals surface area (Å²) in [7, 11) is -3.46.